The lowest BCUT2D eigenvalue weighted by molar-refractivity contribution is -0.224. The number of carbonyl (C=O) groups is 1. The van der Waals surface area contributed by atoms with E-state index in [0.29, 0.717) is 11.8 Å². The second kappa shape index (κ2) is 3.97. The summed E-state index contributed by atoms with van der Waals surface area (Å²) in [6.45, 7) is 3.45. The number of ether oxygens (including phenoxy) is 2. The van der Waals surface area contributed by atoms with Crippen molar-refractivity contribution in [3.63, 3.8) is 0 Å². The molecule has 3 nitrogen and oxygen atoms in total. The molecule has 4 aliphatic carbocycles. The van der Waals surface area contributed by atoms with Crippen LogP contribution in [0.5, 0.6) is 0 Å². The maximum Gasteiger partial charge on any atom is 0.349 e. The highest BCUT2D eigenvalue weighted by Gasteiger charge is 2.60. The molecule has 0 N–H and O–H groups in total. The Labute approximate surface area is 112 Å². The molecule has 2 unspecified atom stereocenters. The second-order valence-corrected chi connectivity index (χ2v) is 6.78. The van der Waals surface area contributed by atoms with Crippen molar-refractivity contribution in [2.24, 2.45) is 11.8 Å². The Kier molecular flexibility index (Phi) is 2.76. The zero-order valence-electron chi connectivity index (χ0n) is 10.7. The molecule has 100 valence electrons. The van der Waals surface area contributed by atoms with Gasteiger partial charge in [-0.3, -0.25) is 0 Å². The zero-order chi connectivity index (χ0) is 13.0. The molecule has 18 heavy (non-hydrogen) atoms. The molecule has 4 fully saturated rings. The van der Waals surface area contributed by atoms with Gasteiger partial charge in [-0.1, -0.05) is 18.2 Å². The first-order chi connectivity index (χ1) is 8.46. The molecular weight excluding hydrogens is 252 g/mol. The highest BCUT2D eigenvalue weighted by molar-refractivity contribution is 6.40. The van der Waals surface area contributed by atoms with Crippen LogP contribution in [0.15, 0.2) is 11.6 Å². The zero-order valence-corrected chi connectivity index (χ0v) is 11.5. The van der Waals surface area contributed by atoms with Gasteiger partial charge in [0.05, 0.1) is 5.60 Å². The summed E-state index contributed by atoms with van der Waals surface area (Å²) >= 11 is 5.64. The third kappa shape index (κ3) is 1.88. The fraction of sp³-hybridized carbons (Fsp3) is 0.786. The van der Waals surface area contributed by atoms with Crippen molar-refractivity contribution in [1.29, 1.82) is 0 Å². The number of esters is 1. The Morgan fingerprint density at radius 2 is 1.78 bits per heavy atom. The molecule has 0 spiro atoms. The number of hydrogen-bond donors (Lipinski definition) is 0. The van der Waals surface area contributed by atoms with E-state index in [1.54, 1.807) is 7.11 Å². The van der Waals surface area contributed by atoms with E-state index >= 15 is 0 Å². The van der Waals surface area contributed by atoms with Crippen LogP contribution in [0.2, 0.25) is 0 Å². The molecule has 4 bridgehead atoms. The van der Waals surface area contributed by atoms with Gasteiger partial charge in [0.1, 0.15) is 10.6 Å². The summed E-state index contributed by atoms with van der Waals surface area (Å²) < 4.78 is 11.5. The van der Waals surface area contributed by atoms with Crippen LogP contribution in [0.25, 0.3) is 0 Å². The molecule has 4 rings (SSSR count). The van der Waals surface area contributed by atoms with E-state index in [1.165, 1.54) is 6.42 Å². The summed E-state index contributed by atoms with van der Waals surface area (Å²) in [7, 11) is 1.78. The van der Waals surface area contributed by atoms with Crippen molar-refractivity contribution in [2.75, 3.05) is 7.11 Å². The lowest BCUT2D eigenvalue weighted by Gasteiger charge is -2.60. The molecule has 4 heteroatoms. The van der Waals surface area contributed by atoms with E-state index in [1.807, 2.05) is 0 Å². The van der Waals surface area contributed by atoms with Gasteiger partial charge in [0.2, 0.25) is 0 Å². The average Bonchev–Trinajstić information content (AvgIpc) is 2.26. The van der Waals surface area contributed by atoms with Gasteiger partial charge in [-0.15, -0.1) is 0 Å². The Bertz CT molecular complexity index is 390. The summed E-state index contributed by atoms with van der Waals surface area (Å²) in [5, 5.41) is -0.0304. The van der Waals surface area contributed by atoms with E-state index in [-0.39, 0.29) is 16.2 Å². The first kappa shape index (κ1) is 12.5. The normalized spacial score (nSPS) is 45.0. The molecule has 0 radical (unpaired) electrons. The molecule has 0 aliphatic heterocycles. The second-order valence-electron chi connectivity index (χ2n) is 6.33. The molecule has 0 aromatic rings. The predicted molar refractivity (Wildman–Crippen MR) is 68.2 cm³/mol. The molecule has 0 aromatic carbocycles. The SMILES string of the molecule is C=C(Cl)C(=O)OC12CC3CC(CC(OC)(C3)C1)C2. The van der Waals surface area contributed by atoms with Crippen LogP contribution < -0.4 is 0 Å². The largest absolute Gasteiger partial charge is 0.455 e. The average molecular weight is 271 g/mol. The smallest absolute Gasteiger partial charge is 0.349 e. The molecule has 2 atom stereocenters. The Hall–Kier alpha value is -0.540. The van der Waals surface area contributed by atoms with Gasteiger partial charge in [0.15, 0.2) is 0 Å². The van der Waals surface area contributed by atoms with Gasteiger partial charge >= 0.3 is 5.97 Å². The molecule has 4 aliphatic rings. The topological polar surface area (TPSA) is 35.5 Å². The minimum absolute atomic E-state index is 0.0304. The lowest BCUT2D eigenvalue weighted by atomic mass is 9.52. The minimum atomic E-state index is -0.468. The van der Waals surface area contributed by atoms with E-state index in [4.69, 9.17) is 21.1 Å². The minimum Gasteiger partial charge on any atom is -0.455 e. The van der Waals surface area contributed by atoms with Gasteiger partial charge in [-0.05, 0) is 43.9 Å². The quantitative estimate of drug-likeness (QED) is 0.584. The first-order valence-corrected chi connectivity index (χ1v) is 6.97. The van der Waals surface area contributed by atoms with Crippen LogP contribution in [-0.4, -0.2) is 24.3 Å². The molecule has 0 heterocycles. The van der Waals surface area contributed by atoms with Crippen LogP contribution in [0, 0.1) is 11.8 Å². The van der Waals surface area contributed by atoms with Gasteiger partial charge in [0, 0.05) is 13.5 Å². The fourth-order valence-corrected chi connectivity index (χ4v) is 4.74. The highest BCUT2D eigenvalue weighted by atomic mass is 35.5. The summed E-state index contributed by atoms with van der Waals surface area (Å²) in [6, 6.07) is 0. The van der Waals surface area contributed by atoms with Crippen LogP contribution >= 0.6 is 11.6 Å². The third-order valence-corrected chi connectivity index (χ3v) is 5.07. The number of methoxy groups -OCH3 is 1. The van der Waals surface area contributed by atoms with Gasteiger partial charge in [-0.2, -0.15) is 0 Å². The van der Waals surface area contributed by atoms with Crippen molar-refractivity contribution in [3.05, 3.63) is 11.6 Å². The lowest BCUT2D eigenvalue weighted by Crippen LogP contribution is -2.61. The Morgan fingerprint density at radius 1 is 1.22 bits per heavy atom. The van der Waals surface area contributed by atoms with Crippen molar-refractivity contribution < 1.29 is 14.3 Å². The van der Waals surface area contributed by atoms with E-state index in [9.17, 15) is 4.79 Å². The summed E-state index contributed by atoms with van der Waals surface area (Å²) in [5.74, 6) is 0.787. The fourth-order valence-electron chi connectivity index (χ4n) is 4.71. The van der Waals surface area contributed by atoms with Crippen LogP contribution in [0.4, 0.5) is 0 Å². The van der Waals surface area contributed by atoms with Gasteiger partial charge in [0.25, 0.3) is 0 Å². The molecular formula is C14H19ClO3. The molecule has 0 aromatic heterocycles. The van der Waals surface area contributed by atoms with Gasteiger partial charge < -0.3 is 9.47 Å². The van der Waals surface area contributed by atoms with Crippen molar-refractivity contribution in [1.82, 2.24) is 0 Å². The monoisotopic (exact) mass is 270 g/mol. The first-order valence-electron chi connectivity index (χ1n) is 6.59. The van der Waals surface area contributed by atoms with Gasteiger partial charge in [-0.25, -0.2) is 4.79 Å². The molecule has 0 saturated heterocycles. The van der Waals surface area contributed by atoms with Crippen LogP contribution in [-0.2, 0) is 14.3 Å². The maximum atomic E-state index is 11.7. The number of halogens is 1. The highest BCUT2D eigenvalue weighted by Crippen LogP contribution is 2.60. The van der Waals surface area contributed by atoms with Crippen LogP contribution in [0.3, 0.4) is 0 Å². The van der Waals surface area contributed by atoms with E-state index < -0.39 is 5.97 Å². The Morgan fingerprint density at radius 3 is 2.28 bits per heavy atom. The van der Waals surface area contributed by atoms with E-state index in [0.717, 1.165) is 32.1 Å². The predicted octanol–water partition coefficient (Wildman–Crippen LogP) is 3.02. The standard InChI is InChI=1S/C14H19ClO3/c1-9(15)12(16)18-14-6-10-3-11(7-14)5-13(4-10,8-14)17-2/h10-11H,1,3-8H2,2H3. The summed E-state index contributed by atoms with van der Waals surface area (Å²) in [5.41, 5.74) is -0.424. The van der Waals surface area contributed by atoms with E-state index in [2.05, 4.69) is 6.58 Å². The molecule has 0 amide bonds. The summed E-state index contributed by atoms with van der Waals surface area (Å²) in [4.78, 5) is 11.7. The van der Waals surface area contributed by atoms with Crippen molar-refractivity contribution in [3.8, 4) is 0 Å². The number of carbonyl (C=O) groups excluding carboxylic acids is 1. The number of rotatable bonds is 3. The maximum absolute atomic E-state index is 11.7. The number of hydrogen-bond acceptors (Lipinski definition) is 3. The van der Waals surface area contributed by atoms with Crippen molar-refractivity contribution >= 4 is 17.6 Å². The summed E-state index contributed by atoms with van der Waals surface area (Å²) in [6.07, 6.45) is 6.23. The van der Waals surface area contributed by atoms with Crippen molar-refractivity contribution in [2.45, 2.75) is 49.7 Å². The molecule has 4 saturated carbocycles. The third-order valence-electron chi connectivity index (χ3n) is 4.92. The Balaban J connectivity index is 1.84. The van der Waals surface area contributed by atoms with Crippen LogP contribution in [0.1, 0.15) is 38.5 Å².